The molecule has 0 radical (unpaired) electrons. The lowest BCUT2D eigenvalue weighted by Crippen LogP contribution is -2.19. The van der Waals surface area contributed by atoms with Crippen LogP contribution in [-0.4, -0.2) is 0 Å². The lowest BCUT2D eigenvalue weighted by Gasteiger charge is -2.29. The monoisotopic (exact) mass is 166 g/mol. The third kappa shape index (κ3) is 1.67. The zero-order valence-electron chi connectivity index (χ0n) is 8.55. The van der Waals surface area contributed by atoms with Crippen molar-refractivity contribution < 1.29 is 0 Å². The van der Waals surface area contributed by atoms with Gasteiger partial charge in [0.05, 0.1) is 0 Å². The van der Waals surface area contributed by atoms with E-state index in [9.17, 15) is 0 Å². The van der Waals surface area contributed by atoms with E-state index in [1.165, 1.54) is 6.42 Å². The van der Waals surface area contributed by atoms with E-state index in [2.05, 4.69) is 13.8 Å². The molecule has 2 rings (SSSR count). The lowest BCUT2D eigenvalue weighted by atomic mass is 9.76. The van der Waals surface area contributed by atoms with Gasteiger partial charge in [-0.25, -0.2) is 0 Å². The second-order valence-corrected chi connectivity index (χ2v) is 5.41. The first-order chi connectivity index (χ1) is 5.75. The molecule has 12 heavy (non-hydrogen) atoms. The molecule has 3 atom stereocenters. The van der Waals surface area contributed by atoms with Crippen LogP contribution in [-0.2, 0) is 0 Å². The number of hydrogen-bond donors (Lipinski definition) is 0. The van der Waals surface area contributed by atoms with Gasteiger partial charge in [-0.3, -0.25) is 0 Å². The Morgan fingerprint density at radius 1 is 1.08 bits per heavy atom. The van der Waals surface area contributed by atoms with E-state index in [0.29, 0.717) is 0 Å². The summed E-state index contributed by atoms with van der Waals surface area (Å²) in [6.07, 6.45) is 9.29. The van der Waals surface area contributed by atoms with E-state index in [-0.39, 0.29) is 0 Å². The molecule has 70 valence electrons. The number of rotatable bonds is 2. The van der Waals surface area contributed by atoms with Gasteiger partial charge in [0.1, 0.15) is 0 Å². The van der Waals surface area contributed by atoms with Crippen molar-refractivity contribution in [1.82, 2.24) is 0 Å². The highest BCUT2D eigenvalue weighted by molar-refractivity contribution is 4.86. The summed E-state index contributed by atoms with van der Waals surface area (Å²) in [5.74, 6) is 4.29. The van der Waals surface area contributed by atoms with Gasteiger partial charge in [-0.15, -0.1) is 0 Å². The molecule has 0 nitrogen and oxygen atoms in total. The summed E-state index contributed by atoms with van der Waals surface area (Å²) >= 11 is 0. The van der Waals surface area contributed by atoms with Crippen molar-refractivity contribution in [3.05, 3.63) is 0 Å². The Morgan fingerprint density at radius 3 is 2.58 bits per heavy atom. The van der Waals surface area contributed by atoms with E-state index in [4.69, 9.17) is 0 Å². The van der Waals surface area contributed by atoms with E-state index in [1.807, 2.05) is 0 Å². The minimum Gasteiger partial charge on any atom is -0.0628 e. The molecule has 0 N–H and O–H groups in total. The maximum Gasteiger partial charge on any atom is -0.0383 e. The highest BCUT2D eigenvalue weighted by atomic mass is 14.4. The zero-order valence-corrected chi connectivity index (χ0v) is 8.55. The van der Waals surface area contributed by atoms with Crippen molar-refractivity contribution in [2.45, 2.75) is 52.4 Å². The fourth-order valence-corrected chi connectivity index (χ4v) is 3.41. The first kappa shape index (κ1) is 8.59. The Hall–Kier alpha value is 0. The molecule has 0 amide bonds. The molecule has 0 aromatic carbocycles. The number of hydrogen-bond acceptors (Lipinski definition) is 0. The summed E-state index contributed by atoms with van der Waals surface area (Å²) in [7, 11) is 0. The van der Waals surface area contributed by atoms with Crippen molar-refractivity contribution in [2.24, 2.45) is 23.7 Å². The summed E-state index contributed by atoms with van der Waals surface area (Å²) < 4.78 is 0. The minimum atomic E-state index is 0.923. The Labute approximate surface area is 76.7 Å². The van der Waals surface area contributed by atoms with E-state index >= 15 is 0 Å². The highest BCUT2D eigenvalue weighted by Crippen LogP contribution is 2.47. The largest absolute Gasteiger partial charge is 0.0628 e. The van der Waals surface area contributed by atoms with Crippen LogP contribution in [0.1, 0.15) is 52.4 Å². The molecule has 0 aliphatic heterocycles. The van der Waals surface area contributed by atoms with Crippen LogP contribution in [0, 0.1) is 23.7 Å². The van der Waals surface area contributed by atoms with Crippen molar-refractivity contribution in [3.63, 3.8) is 0 Å². The lowest BCUT2D eigenvalue weighted by molar-refractivity contribution is 0.213. The molecule has 3 unspecified atom stereocenters. The summed E-state index contributed by atoms with van der Waals surface area (Å²) in [6.45, 7) is 4.75. The van der Waals surface area contributed by atoms with Crippen LogP contribution in [0.4, 0.5) is 0 Å². The molecule has 2 bridgehead atoms. The molecular formula is C12H22. The maximum absolute atomic E-state index is 2.38. The van der Waals surface area contributed by atoms with Crippen molar-refractivity contribution in [2.75, 3.05) is 0 Å². The van der Waals surface area contributed by atoms with Gasteiger partial charge >= 0.3 is 0 Å². The first-order valence-electron chi connectivity index (χ1n) is 5.75. The molecule has 2 aliphatic rings. The average molecular weight is 166 g/mol. The second kappa shape index (κ2) is 3.40. The molecule has 2 saturated carbocycles. The molecule has 2 fully saturated rings. The maximum atomic E-state index is 2.38. The van der Waals surface area contributed by atoms with Crippen LogP contribution < -0.4 is 0 Å². The molecule has 0 saturated heterocycles. The van der Waals surface area contributed by atoms with Gasteiger partial charge < -0.3 is 0 Å². The van der Waals surface area contributed by atoms with E-state index < -0.39 is 0 Å². The summed E-state index contributed by atoms with van der Waals surface area (Å²) in [4.78, 5) is 0. The Balaban J connectivity index is 1.89. The summed E-state index contributed by atoms with van der Waals surface area (Å²) in [5, 5.41) is 0. The Kier molecular flexibility index (Phi) is 2.43. The molecule has 0 aromatic rings. The van der Waals surface area contributed by atoms with Gasteiger partial charge in [-0.2, -0.15) is 0 Å². The Bertz CT molecular complexity index is 148. The first-order valence-corrected chi connectivity index (χ1v) is 5.75. The number of fused-ring (bicyclic) bond motifs is 2. The molecular weight excluding hydrogens is 144 g/mol. The van der Waals surface area contributed by atoms with Crippen LogP contribution in [0.15, 0.2) is 0 Å². The van der Waals surface area contributed by atoms with Crippen LogP contribution >= 0.6 is 0 Å². The van der Waals surface area contributed by atoms with Crippen LogP contribution in [0.25, 0.3) is 0 Å². The predicted octanol–water partition coefficient (Wildman–Crippen LogP) is 3.86. The molecule has 0 spiro atoms. The smallest absolute Gasteiger partial charge is 0.0383 e. The standard InChI is InChI=1S/C12H22/c1-9(2)7-11-5-3-10-4-6-12(11)8-10/h9-12H,3-8H2,1-2H3. The van der Waals surface area contributed by atoms with Gasteiger partial charge in [-0.1, -0.05) is 26.7 Å². The van der Waals surface area contributed by atoms with Gasteiger partial charge in [0.15, 0.2) is 0 Å². The zero-order chi connectivity index (χ0) is 8.55. The fraction of sp³-hybridized carbons (Fsp3) is 1.00. The summed E-state index contributed by atoms with van der Waals surface area (Å²) in [5.41, 5.74) is 0. The van der Waals surface area contributed by atoms with E-state index in [0.717, 1.165) is 23.7 Å². The minimum absolute atomic E-state index is 0.923. The SMILES string of the molecule is CC(C)CC1CCC2CCC1C2. The normalized spacial score (nSPS) is 40.8. The second-order valence-electron chi connectivity index (χ2n) is 5.41. The van der Waals surface area contributed by atoms with Gasteiger partial charge in [0.2, 0.25) is 0 Å². The van der Waals surface area contributed by atoms with Crippen LogP contribution in [0.3, 0.4) is 0 Å². The van der Waals surface area contributed by atoms with Gasteiger partial charge in [0.25, 0.3) is 0 Å². The Morgan fingerprint density at radius 2 is 1.83 bits per heavy atom. The van der Waals surface area contributed by atoms with Crippen molar-refractivity contribution in [3.8, 4) is 0 Å². The predicted molar refractivity (Wildman–Crippen MR) is 53.0 cm³/mol. The quantitative estimate of drug-likeness (QED) is 0.584. The molecule has 0 heteroatoms. The van der Waals surface area contributed by atoms with Crippen molar-refractivity contribution >= 4 is 0 Å². The van der Waals surface area contributed by atoms with Crippen LogP contribution in [0.5, 0.6) is 0 Å². The molecule has 2 aliphatic carbocycles. The fourth-order valence-electron chi connectivity index (χ4n) is 3.41. The van der Waals surface area contributed by atoms with Crippen molar-refractivity contribution in [1.29, 1.82) is 0 Å². The average Bonchev–Trinajstić information content (AvgIpc) is 2.39. The van der Waals surface area contributed by atoms with E-state index in [1.54, 1.807) is 32.1 Å². The highest BCUT2D eigenvalue weighted by Gasteiger charge is 2.35. The van der Waals surface area contributed by atoms with Gasteiger partial charge in [0, 0.05) is 0 Å². The molecule has 0 aromatic heterocycles. The third-order valence-electron chi connectivity index (χ3n) is 3.97. The molecule has 0 heterocycles. The van der Waals surface area contributed by atoms with Crippen LogP contribution in [0.2, 0.25) is 0 Å². The van der Waals surface area contributed by atoms with Gasteiger partial charge in [-0.05, 0) is 49.4 Å². The summed E-state index contributed by atoms with van der Waals surface area (Å²) in [6, 6.07) is 0. The topological polar surface area (TPSA) is 0 Å². The third-order valence-corrected chi connectivity index (χ3v) is 3.97.